The summed E-state index contributed by atoms with van der Waals surface area (Å²) >= 11 is 0. The Bertz CT molecular complexity index is 554. The number of benzene rings is 1. The summed E-state index contributed by atoms with van der Waals surface area (Å²) in [7, 11) is 0. The lowest BCUT2D eigenvalue weighted by atomic mass is 9.80. The second-order valence-electron chi connectivity index (χ2n) is 5.14. The van der Waals surface area contributed by atoms with E-state index in [0.29, 0.717) is 0 Å². The second-order valence-corrected chi connectivity index (χ2v) is 5.14. The fourth-order valence-corrected chi connectivity index (χ4v) is 2.45. The smallest absolute Gasteiger partial charge is 0.0933 e. The molecule has 0 atom stereocenters. The minimum atomic E-state index is 0.780. The van der Waals surface area contributed by atoms with Crippen LogP contribution in [0.25, 0.3) is 11.3 Å². The molecular formula is C16H18N2. The molecule has 18 heavy (non-hydrogen) atoms. The summed E-state index contributed by atoms with van der Waals surface area (Å²) in [5.74, 6) is 0.780. The summed E-state index contributed by atoms with van der Waals surface area (Å²) in [6.45, 7) is 2.02. The van der Waals surface area contributed by atoms with Crippen LogP contribution < -0.4 is 5.73 Å². The Balaban J connectivity index is 1.94. The van der Waals surface area contributed by atoms with Gasteiger partial charge in [-0.2, -0.15) is 0 Å². The SMILES string of the molecule is Cc1ccnc(-c2ccc(C3CCC3)cc2)c1N. The van der Waals surface area contributed by atoms with E-state index < -0.39 is 0 Å². The summed E-state index contributed by atoms with van der Waals surface area (Å²) in [4.78, 5) is 4.39. The molecule has 1 fully saturated rings. The number of hydrogen-bond donors (Lipinski definition) is 1. The molecule has 1 heterocycles. The molecule has 1 aliphatic rings. The van der Waals surface area contributed by atoms with Gasteiger partial charge in [0.2, 0.25) is 0 Å². The predicted octanol–water partition coefficient (Wildman–Crippen LogP) is 3.91. The third kappa shape index (κ3) is 1.88. The topological polar surface area (TPSA) is 38.9 Å². The molecule has 0 bridgehead atoms. The number of aryl methyl sites for hydroxylation is 1. The van der Waals surface area contributed by atoms with E-state index in [1.165, 1.54) is 24.8 Å². The van der Waals surface area contributed by atoms with Crippen molar-refractivity contribution < 1.29 is 0 Å². The number of nitrogens with two attached hydrogens (primary N) is 1. The maximum absolute atomic E-state index is 6.09. The molecule has 0 unspecified atom stereocenters. The lowest BCUT2D eigenvalue weighted by Gasteiger charge is -2.25. The number of hydrogen-bond acceptors (Lipinski definition) is 2. The molecule has 92 valence electrons. The van der Waals surface area contributed by atoms with E-state index in [1.54, 1.807) is 0 Å². The molecule has 0 aliphatic heterocycles. The molecule has 1 aliphatic carbocycles. The van der Waals surface area contributed by atoms with E-state index in [0.717, 1.165) is 28.4 Å². The number of pyridine rings is 1. The average molecular weight is 238 g/mol. The van der Waals surface area contributed by atoms with Crippen LogP contribution in [0.5, 0.6) is 0 Å². The molecule has 0 saturated heterocycles. The number of aromatic nitrogens is 1. The van der Waals surface area contributed by atoms with Crippen molar-refractivity contribution in [3.8, 4) is 11.3 Å². The number of nitrogen functional groups attached to an aromatic ring is 1. The lowest BCUT2D eigenvalue weighted by molar-refractivity contribution is 0.420. The minimum absolute atomic E-state index is 0.780. The molecule has 1 aromatic carbocycles. The maximum atomic E-state index is 6.09. The Kier molecular flexibility index (Phi) is 2.78. The van der Waals surface area contributed by atoms with E-state index in [2.05, 4.69) is 29.2 Å². The molecule has 2 N–H and O–H groups in total. The van der Waals surface area contributed by atoms with Gasteiger partial charge in [0.15, 0.2) is 0 Å². The molecule has 0 amide bonds. The highest BCUT2D eigenvalue weighted by Gasteiger charge is 2.19. The Labute approximate surface area is 108 Å². The van der Waals surface area contributed by atoms with Crippen LogP contribution >= 0.6 is 0 Å². The first-order chi connectivity index (χ1) is 8.75. The fourth-order valence-electron chi connectivity index (χ4n) is 2.45. The van der Waals surface area contributed by atoms with E-state index in [9.17, 15) is 0 Å². The number of rotatable bonds is 2. The van der Waals surface area contributed by atoms with Crippen LogP contribution in [0.4, 0.5) is 5.69 Å². The Morgan fingerprint density at radius 3 is 2.44 bits per heavy atom. The normalized spacial score (nSPS) is 15.4. The Morgan fingerprint density at radius 1 is 1.11 bits per heavy atom. The molecule has 1 aromatic heterocycles. The highest BCUT2D eigenvalue weighted by Crippen LogP contribution is 2.37. The van der Waals surface area contributed by atoms with Crippen molar-refractivity contribution in [1.82, 2.24) is 4.98 Å². The van der Waals surface area contributed by atoms with E-state index >= 15 is 0 Å². The van der Waals surface area contributed by atoms with Gasteiger partial charge in [0.25, 0.3) is 0 Å². The Morgan fingerprint density at radius 2 is 1.83 bits per heavy atom. The van der Waals surface area contributed by atoms with Crippen molar-refractivity contribution in [3.63, 3.8) is 0 Å². The molecule has 2 nitrogen and oxygen atoms in total. The molecule has 0 spiro atoms. The van der Waals surface area contributed by atoms with Gasteiger partial charge in [0.05, 0.1) is 11.4 Å². The average Bonchev–Trinajstić information content (AvgIpc) is 2.32. The van der Waals surface area contributed by atoms with Crippen LogP contribution in [0.2, 0.25) is 0 Å². The maximum Gasteiger partial charge on any atom is 0.0933 e. The van der Waals surface area contributed by atoms with Gasteiger partial charge in [-0.05, 0) is 42.9 Å². The molecule has 2 heteroatoms. The van der Waals surface area contributed by atoms with Crippen molar-refractivity contribution in [2.75, 3.05) is 5.73 Å². The van der Waals surface area contributed by atoms with Crippen molar-refractivity contribution in [1.29, 1.82) is 0 Å². The fraction of sp³-hybridized carbons (Fsp3) is 0.312. The van der Waals surface area contributed by atoms with Gasteiger partial charge in [-0.1, -0.05) is 30.7 Å². The largest absolute Gasteiger partial charge is 0.397 e. The molecule has 2 aromatic rings. The summed E-state index contributed by atoms with van der Waals surface area (Å²) in [5, 5.41) is 0. The number of nitrogens with zero attached hydrogens (tertiary/aromatic N) is 1. The van der Waals surface area contributed by atoms with Crippen molar-refractivity contribution in [2.45, 2.75) is 32.1 Å². The van der Waals surface area contributed by atoms with Gasteiger partial charge in [-0.3, -0.25) is 4.98 Å². The van der Waals surface area contributed by atoms with Gasteiger partial charge in [0.1, 0.15) is 0 Å². The van der Waals surface area contributed by atoms with Crippen LogP contribution in [0, 0.1) is 6.92 Å². The van der Waals surface area contributed by atoms with Crippen molar-refractivity contribution in [2.24, 2.45) is 0 Å². The third-order valence-electron chi connectivity index (χ3n) is 3.97. The van der Waals surface area contributed by atoms with E-state index in [1.807, 2.05) is 19.2 Å². The van der Waals surface area contributed by atoms with Gasteiger partial charge >= 0.3 is 0 Å². The second kappa shape index (κ2) is 4.45. The van der Waals surface area contributed by atoms with Crippen molar-refractivity contribution >= 4 is 5.69 Å². The van der Waals surface area contributed by atoms with Crippen molar-refractivity contribution in [3.05, 3.63) is 47.7 Å². The predicted molar refractivity (Wildman–Crippen MR) is 75.4 cm³/mol. The molecule has 3 rings (SSSR count). The minimum Gasteiger partial charge on any atom is -0.397 e. The Hall–Kier alpha value is -1.83. The van der Waals surface area contributed by atoms with Gasteiger partial charge < -0.3 is 5.73 Å². The zero-order valence-electron chi connectivity index (χ0n) is 10.7. The van der Waals surface area contributed by atoms with Gasteiger partial charge in [-0.25, -0.2) is 0 Å². The highest BCUT2D eigenvalue weighted by atomic mass is 14.7. The van der Waals surface area contributed by atoms with Gasteiger partial charge in [-0.15, -0.1) is 0 Å². The monoisotopic (exact) mass is 238 g/mol. The quantitative estimate of drug-likeness (QED) is 0.861. The summed E-state index contributed by atoms with van der Waals surface area (Å²) in [6, 6.07) is 10.7. The van der Waals surface area contributed by atoms with Crippen LogP contribution in [0.3, 0.4) is 0 Å². The van der Waals surface area contributed by atoms with Gasteiger partial charge in [0, 0.05) is 11.8 Å². The van der Waals surface area contributed by atoms with Crippen LogP contribution in [0.1, 0.15) is 36.3 Å². The van der Waals surface area contributed by atoms with Crippen LogP contribution in [-0.2, 0) is 0 Å². The summed E-state index contributed by atoms with van der Waals surface area (Å²) in [5.41, 5.74) is 11.4. The van der Waals surface area contributed by atoms with Crippen LogP contribution in [-0.4, -0.2) is 4.98 Å². The number of anilines is 1. The van der Waals surface area contributed by atoms with Crippen LogP contribution in [0.15, 0.2) is 36.5 Å². The molecular weight excluding hydrogens is 220 g/mol. The first-order valence-electron chi connectivity index (χ1n) is 6.57. The standard InChI is InChI=1S/C16H18N2/c1-11-9-10-18-16(15(11)17)14-7-5-13(6-8-14)12-3-2-4-12/h5-10,12H,2-4,17H2,1H3. The highest BCUT2D eigenvalue weighted by molar-refractivity contribution is 5.74. The lowest BCUT2D eigenvalue weighted by Crippen LogP contribution is -2.08. The zero-order chi connectivity index (χ0) is 12.5. The summed E-state index contributed by atoms with van der Waals surface area (Å²) < 4.78 is 0. The summed E-state index contributed by atoms with van der Waals surface area (Å²) in [6.07, 6.45) is 5.87. The van der Waals surface area contributed by atoms with E-state index in [-0.39, 0.29) is 0 Å². The molecule has 0 radical (unpaired) electrons. The van der Waals surface area contributed by atoms with E-state index in [4.69, 9.17) is 5.73 Å². The molecule has 1 saturated carbocycles. The first kappa shape index (κ1) is 11.3. The zero-order valence-corrected chi connectivity index (χ0v) is 10.7. The third-order valence-corrected chi connectivity index (χ3v) is 3.97. The first-order valence-corrected chi connectivity index (χ1v) is 6.57.